The van der Waals surface area contributed by atoms with Crippen molar-refractivity contribution in [2.24, 2.45) is 0 Å². The van der Waals surface area contributed by atoms with E-state index in [1.807, 2.05) is 12.2 Å². The Kier molecular flexibility index (Phi) is 12.4. The first-order chi connectivity index (χ1) is 13.4. The summed E-state index contributed by atoms with van der Waals surface area (Å²) in [6, 6.07) is 0. The molecule has 0 radical (unpaired) electrons. The van der Waals surface area contributed by atoms with Crippen molar-refractivity contribution < 1.29 is 30.0 Å². The highest BCUT2D eigenvalue weighted by atomic mass is 16.5. The molecule has 1 saturated heterocycles. The Bertz CT molecular complexity index is 551. The number of rotatable bonds is 13. The van der Waals surface area contributed by atoms with Gasteiger partial charge in [0.25, 0.3) is 0 Å². The first-order valence-electron chi connectivity index (χ1n) is 9.98. The lowest BCUT2D eigenvalue weighted by Crippen LogP contribution is -2.26. The van der Waals surface area contributed by atoms with Crippen LogP contribution in [-0.2, 0) is 9.53 Å². The second-order valence-corrected chi connectivity index (χ2v) is 6.92. The molecule has 0 aromatic rings. The molecule has 1 fully saturated rings. The third-order valence-electron chi connectivity index (χ3n) is 4.45. The van der Waals surface area contributed by atoms with E-state index in [0.717, 1.165) is 19.3 Å². The van der Waals surface area contributed by atoms with Crippen LogP contribution in [0, 0.1) is 0 Å². The monoisotopic (exact) mass is 394 g/mol. The highest BCUT2D eigenvalue weighted by Crippen LogP contribution is 2.25. The van der Waals surface area contributed by atoms with E-state index in [0.29, 0.717) is 6.42 Å². The maximum atomic E-state index is 10.6. The van der Waals surface area contributed by atoms with Gasteiger partial charge in [-0.1, -0.05) is 55.5 Å². The van der Waals surface area contributed by atoms with Gasteiger partial charge in [-0.05, 0) is 32.1 Å². The average Bonchev–Trinajstić information content (AvgIpc) is 3.04. The number of hydrogen-bond acceptors (Lipinski definition) is 5. The molecule has 0 aromatic heterocycles. The van der Waals surface area contributed by atoms with Crippen molar-refractivity contribution >= 4 is 5.97 Å². The Morgan fingerprint density at radius 3 is 2.39 bits per heavy atom. The van der Waals surface area contributed by atoms with Crippen LogP contribution in [0.15, 0.2) is 48.6 Å². The standard InChI is InChI=1S/C22H34O6/c1-2-3-4-5-6-7-8-9-10-11-17(23)12-14-20-19(25)16-21(28-20)18(24)13-15-22(26)27/h3-4,6-7,9-10,12,14,17-21,23-25H,2,5,8,11,13,15-16H2,1H3,(H,26,27)/b4-3-,7-6-,10-9-,14-12+/t17-,18-,19-,20+,21-/m0/s1. The molecule has 0 spiro atoms. The van der Waals surface area contributed by atoms with Gasteiger partial charge >= 0.3 is 5.97 Å². The summed E-state index contributed by atoms with van der Waals surface area (Å²) in [5, 5.41) is 38.7. The summed E-state index contributed by atoms with van der Waals surface area (Å²) in [6.07, 6.45) is 15.4. The molecule has 158 valence electrons. The molecule has 1 aliphatic heterocycles. The van der Waals surface area contributed by atoms with E-state index in [4.69, 9.17) is 9.84 Å². The largest absolute Gasteiger partial charge is 0.481 e. The summed E-state index contributed by atoms with van der Waals surface area (Å²) in [5.41, 5.74) is 0. The Labute approximate surface area is 167 Å². The summed E-state index contributed by atoms with van der Waals surface area (Å²) in [7, 11) is 0. The van der Waals surface area contributed by atoms with Crippen LogP contribution in [0.3, 0.4) is 0 Å². The number of hydrogen-bond donors (Lipinski definition) is 4. The summed E-state index contributed by atoms with van der Waals surface area (Å²) < 4.78 is 5.59. The topological polar surface area (TPSA) is 107 Å². The van der Waals surface area contributed by atoms with Gasteiger partial charge in [0.2, 0.25) is 0 Å². The average molecular weight is 395 g/mol. The van der Waals surface area contributed by atoms with Gasteiger partial charge in [0.15, 0.2) is 0 Å². The smallest absolute Gasteiger partial charge is 0.303 e. The van der Waals surface area contributed by atoms with Gasteiger partial charge in [0.05, 0.1) is 24.4 Å². The first-order valence-corrected chi connectivity index (χ1v) is 9.98. The van der Waals surface area contributed by atoms with Gasteiger partial charge < -0.3 is 25.2 Å². The molecule has 6 heteroatoms. The molecule has 1 heterocycles. The number of aliphatic carboxylic acids is 1. The number of aliphatic hydroxyl groups is 3. The van der Waals surface area contributed by atoms with Crippen molar-refractivity contribution in [3.8, 4) is 0 Å². The van der Waals surface area contributed by atoms with Crippen LogP contribution in [0.4, 0.5) is 0 Å². The van der Waals surface area contributed by atoms with E-state index in [2.05, 4.69) is 31.2 Å². The minimum Gasteiger partial charge on any atom is -0.481 e. The van der Waals surface area contributed by atoms with Crippen LogP contribution < -0.4 is 0 Å². The van der Waals surface area contributed by atoms with Gasteiger partial charge in [-0.15, -0.1) is 0 Å². The van der Waals surface area contributed by atoms with Gasteiger partial charge in [-0.25, -0.2) is 0 Å². The maximum absolute atomic E-state index is 10.6. The van der Waals surface area contributed by atoms with E-state index in [9.17, 15) is 20.1 Å². The molecule has 0 amide bonds. The SMILES string of the molecule is CC/C=C\C/C=C\C/C=C\C[C@H](O)/C=C/[C@H]1O[C@H]([C@@H](O)CCC(=O)O)C[C@@H]1O. The second kappa shape index (κ2) is 14.3. The molecule has 0 aromatic carbocycles. The fourth-order valence-electron chi connectivity index (χ4n) is 2.86. The Balaban J connectivity index is 2.29. The van der Waals surface area contributed by atoms with Crippen molar-refractivity contribution in [2.45, 2.75) is 82.4 Å². The molecular formula is C22H34O6. The van der Waals surface area contributed by atoms with Crippen molar-refractivity contribution in [1.29, 1.82) is 0 Å². The van der Waals surface area contributed by atoms with Crippen LogP contribution in [0.25, 0.3) is 0 Å². The molecule has 5 atom stereocenters. The molecular weight excluding hydrogens is 360 g/mol. The van der Waals surface area contributed by atoms with Crippen molar-refractivity contribution in [3.05, 3.63) is 48.6 Å². The molecule has 0 unspecified atom stereocenters. The number of carbonyl (C=O) groups is 1. The quantitative estimate of drug-likeness (QED) is 0.358. The number of allylic oxidation sites excluding steroid dienone is 5. The van der Waals surface area contributed by atoms with Crippen molar-refractivity contribution in [2.75, 3.05) is 0 Å². The third-order valence-corrected chi connectivity index (χ3v) is 4.45. The molecule has 28 heavy (non-hydrogen) atoms. The zero-order chi connectivity index (χ0) is 20.8. The molecule has 1 rings (SSSR count). The molecule has 0 saturated carbocycles. The van der Waals surface area contributed by atoms with Crippen LogP contribution in [0.1, 0.15) is 51.9 Å². The van der Waals surface area contributed by atoms with Gasteiger partial charge in [-0.3, -0.25) is 4.79 Å². The number of aliphatic hydroxyl groups excluding tert-OH is 3. The highest BCUT2D eigenvalue weighted by molar-refractivity contribution is 5.66. The Morgan fingerprint density at radius 2 is 1.75 bits per heavy atom. The zero-order valence-electron chi connectivity index (χ0n) is 16.6. The lowest BCUT2D eigenvalue weighted by Gasteiger charge is -2.17. The van der Waals surface area contributed by atoms with Crippen LogP contribution in [0.2, 0.25) is 0 Å². The fourth-order valence-corrected chi connectivity index (χ4v) is 2.86. The molecule has 6 nitrogen and oxygen atoms in total. The summed E-state index contributed by atoms with van der Waals surface area (Å²) >= 11 is 0. The van der Waals surface area contributed by atoms with Gasteiger partial charge in [0, 0.05) is 12.8 Å². The van der Waals surface area contributed by atoms with Gasteiger partial charge in [0.1, 0.15) is 6.10 Å². The van der Waals surface area contributed by atoms with Crippen LogP contribution in [-0.4, -0.2) is 56.9 Å². The summed E-state index contributed by atoms with van der Waals surface area (Å²) in [6.45, 7) is 2.10. The number of carboxylic acids is 1. The zero-order valence-corrected chi connectivity index (χ0v) is 16.6. The van der Waals surface area contributed by atoms with Crippen LogP contribution in [0.5, 0.6) is 0 Å². The highest BCUT2D eigenvalue weighted by Gasteiger charge is 2.36. The molecule has 0 aliphatic carbocycles. The lowest BCUT2D eigenvalue weighted by atomic mass is 10.0. The summed E-state index contributed by atoms with van der Waals surface area (Å²) in [4.78, 5) is 10.6. The Morgan fingerprint density at radius 1 is 1.11 bits per heavy atom. The molecule has 0 bridgehead atoms. The minimum absolute atomic E-state index is 0.0832. The van der Waals surface area contributed by atoms with Crippen LogP contribution >= 0.6 is 0 Å². The van der Waals surface area contributed by atoms with E-state index in [1.54, 1.807) is 12.2 Å². The van der Waals surface area contributed by atoms with Crippen molar-refractivity contribution in [3.63, 3.8) is 0 Å². The molecule has 1 aliphatic rings. The van der Waals surface area contributed by atoms with E-state index in [1.165, 1.54) is 0 Å². The van der Waals surface area contributed by atoms with E-state index >= 15 is 0 Å². The maximum Gasteiger partial charge on any atom is 0.303 e. The second-order valence-electron chi connectivity index (χ2n) is 6.92. The minimum atomic E-state index is -0.978. The van der Waals surface area contributed by atoms with Gasteiger partial charge in [-0.2, -0.15) is 0 Å². The first kappa shape index (κ1) is 24.3. The fraction of sp³-hybridized carbons (Fsp3) is 0.591. The predicted molar refractivity (Wildman–Crippen MR) is 109 cm³/mol. The van der Waals surface area contributed by atoms with Crippen molar-refractivity contribution in [1.82, 2.24) is 0 Å². The summed E-state index contributed by atoms with van der Waals surface area (Å²) in [5.74, 6) is -0.978. The Hall–Kier alpha value is -1.73. The van der Waals surface area contributed by atoms with E-state index in [-0.39, 0.29) is 19.3 Å². The molecule has 4 N–H and O–H groups in total. The normalized spacial score (nSPS) is 25.5. The van der Waals surface area contributed by atoms with E-state index < -0.39 is 36.5 Å². The number of carboxylic acid groups (broad SMARTS) is 1. The number of ether oxygens (including phenoxy) is 1. The predicted octanol–water partition coefficient (Wildman–Crippen LogP) is 2.90. The lowest BCUT2D eigenvalue weighted by molar-refractivity contribution is -0.138. The third kappa shape index (κ3) is 10.6.